The van der Waals surface area contributed by atoms with Gasteiger partial charge in [0.05, 0.1) is 0 Å². The van der Waals surface area contributed by atoms with Crippen LogP contribution in [0.1, 0.15) is 32.6 Å². The van der Waals surface area contributed by atoms with Gasteiger partial charge >= 0.3 is 5.37 Å². The minimum absolute atomic E-state index is 0.277. The van der Waals surface area contributed by atoms with E-state index in [1.54, 1.807) is 4.90 Å². The van der Waals surface area contributed by atoms with Gasteiger partial charge in [-0.2, -0.15) is 0 Å². The van der Waals surface area contributed by atoms with Crippen molar-refractivity contribution in [3.05, 3.63) is 0 Å². The highest BCUT2D eigenvalue weighted by molar-refractivity contribution is 6.62. The van der Waals surface area contributed by atoms with Crippen LogP contribution in [-0.2, 0) is 0 Å². The van der Waals surface area contributed by atoms with Gasteiger partial charge < -0.3 is 4.90 Å². The third kappa shape index (κ3) is 2.70. The average Bonchev–Trinajstić information content (AvgIpc) is 2.71. The SMILES string of the molecule is CCCCN(C(=O)Cl)C1CC1. The summed E-state index contributed by atoms with van der Waals surface area (Å²) in [6.45, 7) is 2.95. The van der Waals surface area contributed by atoms with Crippen molar-refractivity contribution in [2.24, 2.45) is 0 Å². The Bertz CT molecular complexity index is 145. The van der Waals surface area contributed by atoms with Gasteiger partial charge in [0.1, 0.15) is 0 Å². The van der Waals surface area contributed by atoms with Crippen LogP contribution in [0.15, 0.2) is 0 Å². The van der Waals surface area contributed by atoms with E-state index in [0.29, 0.717) is 6.04 Å². The van der Waals surface area contributed by atoms with E-state index in [0.717, 1.165) is 32.2 Å². The van der Waals surface area contributed by atoms with E-state index in [2.05, 4.69) is 6.92 Å². The molecular formula is C8H14ClNO. The van der Waals surface area contributed by atoms with E-state index in [4.69, 9.17) is 11.6 Å². The van der Waals surface area contributed by atoms with Crippen molar-refractivity contribution in [1.82, 2.24) is 4.90 Å². The predicted molar refractivity (Wildman–Crippen MR) is 45.9 cm³/mol. The summed E-state index contributed by atoms with van der Waals surface area (Å²) in [4.78, 5) is 12.6. The molecule has 2 nitrogen and oxygen atoms in total. The molecule has 1 fully saturated rings. The van der Waals surface area contributed by atoms with Gasteiger partial charge in [0.15, 0.2) is 0 Å². The minimum Gasteiger partial charge on any atom is -0.326 e. The first-order chi connectivity index (χ1) is 5.25. The maximum Gasteiger partial charge on any atom is 0.316 e. The van der Waals surface area contributed by atoms with Crippen LogP contribution in [0.3, 0.4) is 0 Å². The minimum atomic E-state index is -0.277. The molecule has 0 aliphatic heterocycles. The lowest BCUT2D eigenvalue weighted by atomic mass is 10.3. The molecule has 3 heteroatoms. The molecule has 1 rings (SSSR count). The van der Waals surface area contributed by atoms with Gasteiger partial charge in [0.2, 0.25) is 0 Å². The van der Waals surface area contributed by atoms with Crippen LogP contribution in [0.4, 0.5) is 4.79 Å². The van der Waals surface area contributed by atoms with Crippen molar-refractivity contribution < 1.29 is 4.79 Å². The lowest BCUT2D eigenvalue weighted by molar-refractivity contribution is 0.218. The summed E-state index contributed by atoms with van der Waals surface area (Å²) >= 11 is 5.40. The summed E-state index contributed by atoms with van der Waals surface area (Å²) in [5.74, 6) is 0. The molecule has 64 valence electrons. The molecule has 0 aromatic heterocycles. The monoisotopic (exact) mass is 175 g/mol. The Morgan fingerprint density at radius 1 is 1.64 bits per heavy atom. The predicted octanol–water partition coefficient (Wildman–Crippen LogP) is 2.61. The molecular weight excluding hydrogens is 162 g/mol. The summed E-state index contributed by atoms with van der Waals surface area (Å²) in [5, 5.41) is -0.277. The summed E-state index contributed by atoms with van der Waals surface area (Å²) in [7, 11) is 0. The Kier molecular flexibility index (Phi) is 3.18. The Morgan fingerprint density at radius 3 is 2.64 bits per heavy atom. The zero-order valence-corrected chi connectivity index (χ0v) is 7.60. The largest absolute Gasteiger partial charge is 0.326 e. The Morgan fingerprint density at radius 2 is 2.27 bits per heavy atom. The van der Waals surface area contributed by atoms with Gasteiger partial charge in [-0.05, 0) is 30.9 Å². The number of carbonyl (C=O) groups is 1. The second kappa shape index (κ2) is 3.96. The zero-order valence-electron chi connectivity index (χ0n) is 6.85. The second-order valence-electron chi connectivity index (χ2n) is 3.03. The standard InChI is InChI=1S/C8H14ClNO/c1-2-3-6-10(8(9)11)7-4-5-7/h7H,2-6H2,1H3. The number of hydrogen-bond donors (Lipinski definition) is 0. The smallest absolute Gasteiger partial charge is 0.316 e. The fourth-order valence-electron chi connectivity index (χ4n) is 1.13. The van der Waals surface area contributed by atoms with Crippen molar-refractivity contribution in [2.45, 2.75) is 38.6 Å². The lowest BCUT2D eigenvalue weighted by Crippen LogP contribution is -2.29. The highest BCUT2D eigenvalue weighted by Gasteiger charge is 2.30. The van der Waals surface area contributed by atoms with Gasteiger partial charge in [0, 0.05) is 12.6 Å². The molecule has 0 bridgehead atoms. The molecule has 0 saturated heterocycles. The highest BCUT2D eigenvalue weighted by Crippen LogP contribution is 2.27. The first-order valence-electron chi connectivity index (χ1n) is 4.21. The number of carbonyl (C=O) groups excluding carboxylic acids is 1. The number of nitrogens with zero attached hydrogens (tertiary/aromatic N) is 1. The molecule has 0 N–H and O–H groups in total. The number of halogens is 1. The highest BCUT2D eigenvalue weighted by atomic mass is 35.5. The molecule has 0 unspecified atom stereocenters. The number of amides is 1. The fourth-order valence-corrected chi connectivity index (χ4v) is 1.35. The third-order valence-electron chi connectivity index (χ3n) is 1.97. The van der Waals surface area contributed by atoms with Crippen LogP contribution in [0.25, 0.3) is 0 Å². The third-order valence-corrected chi connectivity index (χ3v) is 2.18. The maximum absolute atomic E-state index is 10.8. The maximum atomic E-state index is 10.8. The van der Waals surface area contributed by atoms with Crippen LogP contribution < -0.4 is 0 Å². The molecule has 1 saturated carbocycles. The van der Waals surface area contributed by atoms with Crippen LogP contribution in [0, 0.1) is 0 Å². The molecule has 0 atom stereocenters. The molecule has 1 aliphatic rings. The van der Waals surface area contributed by atoms with E-state index < -0.39 is 0 Å². The molecule has 1 amide bonds. The Hall–Kier alpha value is -0.240. The molecule has 0 heterocycles. The summed E-state index contributed by atoms with van der Waals surface area (Å²) in [5.41, 5.74) is 0. The van der Waals surface area contributed by atoms with Crippen LogP contribution in [0.2, 0.25) is 0 Å². The quantitative estimate of drug-likeness (QED) is 0.475. The number of hydrogen-bond acceptors (Lipinski definition) is 1. The Balaban J connectivity index is 2.26. The topological polar surface area (TPSA) is 20.3 Å². The van der Waals surface area contributed by atoms with Crippen molar-refractivity contribution in [2.75, 3.05) is 6.54 Å². The van der Waals surface area contributed by atoms with Crippen LogP contribution >= 0.6 is 11.6 Å². The van der Waals surface area contributed by atoms with Gasteiger partial charge in [0.25, 0.3) is 0 Å². The first kappa shape index (κ1) is 8.85. The van der Waals surface area contributed by atoms with E-state index in [1.807, 2.05) is 0 Å². The van der Waals surface area contributed by atoms with E-state index in [-0.39, 0.29) is 5.37 Å². The average molecular weight is 176 g/mol. The van der Waals surface area contributed by atoms with Gasteiger partial charge in [-0.1, -0.05) is 13.3 Å². The molecule has 1 aliphatic carbocycles. The first-order valence-corrected chi connectivity index (χ1v) is 4.59. The second-order valence-corrected chi connectivity index (χ2v) is 3.35. The number of rotatable bonds is 4. The molecule has 0 aromatic rings. The normalized spacial score (nSPS) is 16.5. The van der Waals surface area contributed by atoms with E-state index >= 15 is 0 Å². The van der Waals surface area contributed by atoms with Crippen molar-refractivity contribution in [1.29, 1.82) is 0 Å². The van der Waals surface area contributed by atoms with Crippen molar-refractivity contribution in [3.8, 4) is 0 Å². The summed E-state index contributed by atoms with van der Waals surface area (Å²) in [6, 6.07) is 0.464. The van der Waals surface area contributed by atoms with E-state index in [1.165, 1.54) is 0 Å². The van der Waals surface area contributed by atoms with Crippen LogP contribution in [0.5, 0.6) is 0 Å². The summed E-state index contributed by atoms with van der Waals surface area (Å²) < 4.78 is 0. The van der Waals surface area contributed by atoms with Crippen molar-refractivity contribution >= 4 is 17.0 Å². The fraction of sp³-hybridized carbons (Fsp3) is 0.875. The van der Waals surface area contributed by atoms with Gasteiger partial charge in [-0.15, -0.1) is 0 Å². The molecule has 11 heavy (non-hydrogen) atoms. The number of unbranched alkanes of at least 4 members (excludes halogenated alkanes) is 1. The van der Waals surface area contributed by atoms with E-state index in [9.17, 15) is 4.79 Å². The molecule has 0 aromatic carbocycles. The Labute approximate surface area is 72.5 Å². The molecule has 0 radical (unpaired) electrons. The van der Waals surface area contributed by atoms with Crippen LogP contribution in [-0.4, -0.2) is 22.9 Å². The summed E-state index contributed by atoms with van der Waals surface area (Å²) in [6.07, 6.45) is 4.46. The lowest BCUT2D eigenvalue weighted by Gasteiger charge is -2.17. The van der Waals surface area contributed by atoms with Gasteiger partial charge in [-0.25, -0.2) is 0 Å². The van der Waals surface area contributed by atoms with Gasteiger partial charge in [-0.3, -0.25) is 4.79 Å². The van der Waals surface area contributed by atoms with Crippen molar-refractivity contribution in [3.63, 3.8) is 0 Å². The zero-order chi connectivity index (χ0) is 8.27. The molecule has 0 spiro atoms.